The van der Waals surface area contributed by atoms with E-state index >= 15 is 0 Å². The summed E-state index contributed by atoms with van der Waals surface area (Å²) in [5, 5.41) is 9.56. The minimum atomic E-state index is 0.561. The van der Waals surface area contributed by atoms with Crippen molar-refractivity contribution in [1.29, 1.82) is 0 Å². The molecule has 4 N–H and O–H groups in total. The Kier molecular flexibility index (Phi) is 2.58. The van der Waals surface area contributed by atoms with E-state index in [9.17, 15) is 0 Å². The van der Waals surface area contributed by atoms with E-state index in [4.69, 9.17) is 5.73 Å². The number of rotatable bonds is 2. The fraction of sp³-hybridized carbons (Fsp3) is 0. The number of nitrogen functional groups attached to an aromatic ring is 1. The number of thiazole rings is 2. The maximum atomic E-state index is 5.73. The highest BCUT2D eigenvalue weighted by Gasteiger charge is 2.15. The van der Waals surface area contributed by atoms with Crippen LogP contribution in [0.3, 0.4) is 0 Å². The van der Waals surface area contributed by atoms with Gasteiger partial charge in [-0.25, -0.2) is 9.97 Å². The molecule has 0 radical (unpaired) electrons. The Balaban J connectivity index is 1.74. The van der Waals surface area contributed by atoms with Crippen molar-refractivity contribution < 1.29 is 0 Å². The van der Waals surface area contributed by atoms with E-state index < -0.39 is 0 Å². The van der Waals surface area contributed by atoms with E-state index in [0.717, 1.165) is 42.3 Å². The van der Waals surface area contributed by atoms with E-state index in [-0.39, 0.29) is 0 Å². The lowest BCUT2D eigenvalue weighted by Crippen LogP contribution is -1.83. The molecule has 0 spiro atoms. The predicted octanol–water partition coefficient (Wildman–Crippen LogP) is 3.87. The third kappa shape index (κ3) is 1.89. The van der Waals surface area contributed by atoms with Gasteiger partial charge in [-0.2, -0.15) is 5.10 Å². The van der Waals surface area contributed by atoms with Gasteiger partial charge in [-0.15, -0.1) is 0 Å². The lowest BCUT2D eigenvalue weighted by molar-refractivity contribution is 1.09. The lowest BCUT2D eigenvalue weighted by Gasteiger charge is -2.04. The average molecular weight is 338 g/mol. The lowest BCUT2D eigenvalue weighted by atomic mass is 10.0. The number of nitrogens with two attached hydrogens (primary N) is 1. The minimum absolute atomic E-state index is 0.561. The van der Waals surface area contributed by atoms with Crippen molar-refractivity contribution in [3.8, 4) is 21.7 Å². The van der Waals surface area contributed by atoms with Gasteiger partial charge >= 0.3 is 0 Å². The van der Waals surface area contributed by atoms with Gasteiger partial charge in [0.1, 0.15) is 5.01 Å². The molecule has 0 aliphatic carbocycles. The molecule has 23 heavy (non-hydrogen) atoms. The molecule has 0 aliphatic heterocycles. The van der Waals surface area contributed by atoms with Crippen LogP contribution in [0.1, 0.15) is 0 Å². The van der Waals surface area contributed by atoms with E-state index in [2.05, 4.69) is 43.3 Å². The summed E-state index contributed by atoms with van der Waals surface area (Å²) in [6.07, 6.45) is 5.67. The first kappa shape index (κ1) is 12.8. The molecule has 8 heteroatoms. The van der Waals surface area contributed by atoms with Gasteiger partial charge < -0.3 is 10.7 Å². The van der Waals surface area contributed by atoms with Crippen molar-refractivity contribution >= 4 is 48.4 Å². The van der Waals surface area contributed by atoms with Crippen molar-refractivity contribution in [3.05, 3.63) is 36.8 Å². The molecule has 4 heterocycles. The number of anilines is 1. The molecule has 4 aromatic heterocycles. The molecular weight excluding hydrogens is 328 g/mol. The molecule has 0 bridgehead atoms. The Morgan fingerprint density at radius 3 is 2.70 bits per heavy atom. The summed E-state index contributed by atoms with van der Waals surface area (Å²) in [5.74, 6) is 0. The Morgan fingerprint density at radius 2 is 1.87 bits per heavy atom. The first-order valence-electron chi connectivity index (χ1n) is 6.92. The molecule has 5 aromatic rings. The second kappa shape index (κ2) is 4.64. The van der Waals surface area contributed by atoms with Gasteiger partial charge in [0.15, 0.2) is 14.8 Å². The van der Waals surface area contributed by atoms with Gasteiger partial charge in [-0.3, -0.25) is 5.10 Å². The SMILES string of the molecule is Nc1nc2sc(-c3ccc(-c4cn[nH]c4)c4cc[nH]c34)nc2s1. The molecule has 112 valence electrons. The highest BCUT2D eigenvalue weighted by atomic mass is 32.1. The molecular formula is C15H10N6S2. The van der Waals surface area contributed by atoms with Crippen molar-refractivity contribution in [2.45, 2.75) is 0 Å². The van der Waals surface area contributed by atoms with E-state index in [1.807, 2.05) is 18.6 Å². The van der Waals surface area contributed by atoms with Gasteiger partial charge in [-0.05, 0) is 17.7 Å². The topological polar surface area (TPSA) is 96.3 Å². The second-order valence-electron chi connectivity index (χ2n) is 5.10. The van der Waals surface area contributed by atoms with Crippen molar-refractivity contribution in [2.75, 3.05) is 5.73 Å². The molecule has 1 aromatic carbocycles. The number of nitrogens with zero attached hydrogens (tertiary/aromatic N) is 3. The summed E-state index contributed by atoms with van der Waals surface area (Å²) >= 11 is 2.98. The molecule has 0 amide bonds. The summed E-state index contributed by atoms with van der Waals surface area (Å²) in [4.78, 5) is 14.1. The number of H-pyrrole nitrogens is 2. The standard InChI is InChI=1S/C15H10N6S2/c16-15-21-14-13(23-15)20-12(22-14)10-2-1-8(7-5-18-19-6-7)9-3-4-17-11(9)10/h1-6,17H,(H2,16,21)(H,18,19). The average Bonchev–Trinajstić information content (AvgIpc) is 3.29. The number of hydrogen-bond acceptors (Lipinski definition) is 6. The summed E-state index contributed by atoms with van der Waals surface area (Å²) in [7, 11) is 0. The quantitative estimate of drug-likeness (QED) is 0.455. The number of aromatic amines is 2. The Morgan fingerprint density at radius 1 is 1.00 bits per heavy atom. The van der Waals surface area contributed by atoms with Gasteiger partial charge in [0.25, 0.3) is 0 Å². The number of benzene rings is 1. The first-order chi connectivity index (χ1) is 11.3. The molecule has 6 nitrogen and oxygen atoms in total. The zero-order valence-electron chi connectivity index (χ0n) is 11.7. The van der Waals surface area contributed by atoms with Gasteiger partial charge in [-0.1, -0.05) is 28.7 Å². The highest BCUT2D eigenvalue weighted by Crippen LogP contribution is 2.39. The van der Waals surface area contributed by atoms with Gasteiger partial charge in [0, 0.05) is 28.9 Å². The first-order valence-corrected chi connectivity index (χ1v) is 8.55. The monoisotopic (exact) mass is 338 g/mol. The third-order valence-corrected chi connectivity index (χ3v) is 5.65. The maximum absolute atomic E-state index is 5.73. The van der Waals surface area contributed by atoms with Crippen LogP contribution in [0, 0.1) is 0 Å². The second-order valence-corrected chi connectivity index (χ2v) is 7.08. The summed E-state index contributed by atoms with van der Waals surface area (Å²) in [6.45, 7) is 0. The Bertz CT molecular complexity index is 1100. The molecule has 0 fully saturated rings. The van der Waals surface area contributed by atoms with Gasteiger partial charge in [0.2, 0.25) is 0 Å². The van der Waals surface area contributed by atoms with Crippen molar-refractivity contribution in [2.24, 2.45) is 0 Å². The number of hydrogen-bond donors (Lipinski definition) is 3. The predicted molar refractivity (Wildman–Crippen MR) is 94.6 cm³/mol. The van der Waals surface area contributed by atoms with Crippen LogP contribution in [0.5, 0.6) is 0 Å². The van der Waals surface area contributed by atoms with Crippen molar-refractivity contribution in [3.63, 3.8) is 0 Å². The van der Waals surface area contributed by atoms with E-state index in [0.29, 0.717) is 5.13 Å². The third-order valence-electron chi connectivity index (χ3n) is 3.76. The molecule has 0 saturated heterocycles. The number of nitrogens with one attached hydrogen (secondary N) is 2. The fourth-order valence-corrected chi connectivity index (χ4v) is 4.60. The summed E-state index contributed by atoms with van der Waals surface area (Å²) in [5.41, 5.74) is 10.1. The Hall–Kier alpha value is -2.71. The maximum Gasteiger partial charge on any atom is 0.183 e. The normalized spacial score (nSPS) is 11.7. The summed E-state index contributed by atoms with van der Waals surface area (Å²) in [6, 6.07) is 6.27. The van der Waals surface area contributed by atoms with E-state index in [1.165, 1.54) is 11.3 Å². The molecule has 0 unspecified atom stereocenters. The Labute approximate surface area is 138 Å². The van der Waals surface area contributed by atoms with Crippen LogP contribution in [0.25, 0.3) is 42.3 Å². The molecule has 0 atom stereocenters. The minimum Gasteiger partial charge on any atom is -0.375 e. The number of fused-ring (bicyclic) bond motifs is 2. The smallest absolute Gasteiger partial charge is 0.183 e. The molecule has 0 aliphatic rings. The molecule has 5 rings (SSSR count). The fourth-order valence-electron chi connectivity index (χ4n) is 2.76. The van der Waals surface area contributed by atoms with Crippen LogP contribution in [-0.2, 0) is 0 Å². The van der Waals surface area contributed by atoms with Crippen LogP contribution in [0.4, 0.5) is 5.13 Å². The molecule has 0 saturated carbocycles. The zero-order valence-corrected chi connectivity index (χ0v) is 13.3. The number of aromatic nitrogens is 5. The van der Waals surface area contributed by atoms with Crippen LogP contribution in [0.2, 0.25) is 0 Å². The van der Waals surface area contributed by atoms with Crippen LogP contribution < -0.4 is 5.73 Å². The van der Waals surface area contributed by atoms with Crippen LogP contribution >= 0.6 is 22.7 Å². The van der Waals surface area contributed by atoms with Crippen LogP contribution in [0.15, 0.2) is 36.8 Å². The summed E-state index contributed by atoms with van der Waals surface area (Å²) < 4.78 is 0. The van der Waals surface area contributed by atoms with Gasteiger partial charge in [0.05, 0.1) is 11.7 Å². The van der Waals surface area contributed by atoms with Crippen molar-refractivity contribution in [1.82, 2.24) is 25.1 Å². The zero-order chi connectivity index (χ0) is 15.4. The van der Waals surface area contributed by atoms with Crippen LogP contribution in [-0.4, -0.2) is 25.1 Å². The van der Waals surface area contributed by atoms with E-state index in [1.54, 1.807) is 11.3 Å². The highest BCUT2D eigenvalue weighted by molar-refractivity contribution is 7.29. The largest absolute Gasteiger partial charge is 0.375 e.